The van der Waals surface area contributed by atoms with Crippen molar-refractivity contribution in [2.75, 3.05) is 0 Å². The highest BCUT2D eigenvalue weighted by molar-refractivity contribution is 5.88. The van der Waals surface area contributed by atoms with Crippen LogP contribution in [0, 0.1) is 0 Å². The predicted octanol–water partition coefficient (Wildman–Crippen LogP) is 3.69. The number of aliphatic hydroxyl groups excluding tert-OH is 1. The van der Waals surface area contributed by atoms with Crippen LogP contribution in [0.2, 0.25) is 0 Å². The standard InChI is InChI=1S/C20H20O6.CH4/c1-12-13(2)25-19-10-16(5-7-18(19)24-12)26-20(23)8-4-14-3-6-17(22)15(9-14)11-21;/h3-10,12-13,21-22H,11H2,1-2H3;1H4/b8-4+;. The zero-order chi connectivity index (χ0) is 18.7. The van der Waals surface area contributed by atoms with Crippen LogP contribution in [0.25, 0.3) is 6.08 Å². The van der Waals surface area contributed by atoms with Crippen molar-refractivity contribution in [1.82, 2.24) is 0 Å². The summed E-state index contributed by atoms with van der Waals surface area (Å²) in [6.07, 6.45) is 2.68. The third kappa shape index (κ3) is 4.80. The normalized spacial score (nSPS) is 18.0. The van der Waals surface area contributed by atoms with Gasteiger partial charge in [0.15, 0.2) is 11.5 Å². The quantitative estimate of drug-likeness (QED) is 0.484. The van der Waals surface area contributed by atoms with E-state index in [1.807, 2.05) is 13.8 Å². The summed E-state index contributed by atoms with van der Waals surface area (Å²) >= 11 is 0. The summed E-state index contributed by atoms with van der Waals surface area (Å²) in [6.45, 7) is 3.55. The van der Waals surface area contributed by atoms with Crippen LogP contribution in [0.4, 0.5) is 0 Å². The number of benzene rings is 2. The summed E-state index contributed by atoms with van der Waals surface area (Å²) in [7, 11) is 0. The highest BCUT2D eigenvalue weighted by atomic mass is 16.6. The topological polar surface area (TPSA) is 85.2 Å². The van der Waals surface area contributed by atoms with E-state index in [9.17, 15) is 9.90 Å². The summed E-state index contributed by atoms with van der Waals surface area (Å²) in [6, 6.07) is 9.64. The van der Waals surface area contributed by atoms with Gasteiger partial charge in [0.05, 0.1) is 6.61 Å². The summed E-state index contributed by atoms with van der Waals surface area (Å²) in [4.78, 5) is 12.0. The minimum atomic E-state index is -0.554. The van der Waals surface area contributed by atoms with Gasteiger partial charge in [-0.1, -0.05) is 13.5 Å². The number of carbonyl (C=O) groups excluding carboxylic acids is 1. The first-order chi connectivity index (χ1) is 12.5. The Morgan fingerprint density at radius 1 is 1.11 bits per heavy atom. The van der Waals surface area contributed by atoms with E-state index in [1.165, 1.54) is 12.1 Å². The van der Waals surface area contributed by atoms with E-state index in [2.05, 4.69) is 0 Å². The molecule has 0 saturated carbocycles. The van der Waals surface area contributed by atoms with Gasteiger partial charge in [0.2, 0.25) is 0 Å². The van der Waals surface area contributed by atoms with Crippen molar-refractivity contribution >= 4 is 12.0 Å². The van der Waals surface area contributed by atoms with Gasteiger partial charge >= 0.3 is 5.97 Å². The number of carbonyl (C=O) groups is 1. The molecule has 27 heavy (non-hydrogen) atoms. The van der Waals surface area contributed by atoms with Crippen LogP contribution in [-0.2, 0) is 11.4 Å². The molecule has 0 aromatic heterocycles. The Hall–Kier alpha value is -2.99. The van der Waals surface area contributed by atoms with Gasteiger partial charge in [0.1, 0.15) is 23.7 Å². The molecule has 2 atom stereocenters. The maximum atomic E-state index is 12.0. The summed E-state index contributed by atoms with van der Waals surface area (Å²) in [5.74, 6) is 0.960. The number of hydrogen-bond acceptors (Lipinski definition) is 6. The number of hydrogen-bond donors (Lipinski definition) is 2. The molecule has 3 rings (SSSR count). The first kappa shape index (κ1) is 20.3. The third-order valence-electron chi connectivity index (χ3n) is 4.11. The third-order valence-corrected chi connectivity index (χ3v) is 4.11. The largest absolute Gasteiger partial charge is 0.508 e. The molecule has 0 radical (unpaired) electrons. The second-order valence-corrected chi connectivity index (χ2v) is 6.06. The van der Waals surface area contributed by atoms with Gasteiger partial charge in [-0.15, -0.1) is 0 Å². The molecule has 0 amide bonds. The maximum absolute atomic E-state index is 12.0. The Labute approximate surface area is 158 Å². The summed E-state index contributed by atoms with van der Waals surface area (Å²) in [5, 5.41) is 18.7. The number of esters is 1. The summed E-state index contributed by atoms with van der Waals surface area (Å²) in [5.41, 5.74) is 1.05. The van der Waals surface area contributed by atoms with Crippen molar-refractivity contribution in [3.05, 3.63) is 53.6 Å². The Morgan fingerprint density at radius 3 is 2.52 bits per heavy atom. The molecule has 2 N–H and O–H groups in total. The predicted molar refractivity (Wildman–Crippen MR) is 102 cm³/mol. The van der Waals surface area contributed by atoms with E-state index in [0.717, 1.165) is 0 Å². The molecule has 0 spiro atoms. The lowest BCUT2D eigenvalue weighted by Gasteiger charge is -2.29. The van der Waals surface area contributed by atoms with E-state index in [1.54, 1.807) is 36.4 Å². The fourth-order valence-electron chi connectivity index (χ4n) is 2.48. The van der Waals surface area contributed by atoms with Crippen LogP contribution in [0.15, 0.2) is 42.5 Å². The van der Waals surface area contributed by atoms with Crippen molar-refractivity contribution in [2.24, 2.45) is 0 Å². The lowest BCUT2D eigenvalue weighted by molar-refractivity contribution is -0.128. The van der Waals surface area contributed by atoms with Crippen LogP contribution in [0.3, 0.4) is 0 Å². The average molecular weight is 372 g/mol. The average Bonchev–Trinajstić information content (AvgIpc) is 2.62. The molecule has 144 valence electrons. The molecule has 6 heteroatoms. The number of aromatic hydroxyl groups is 1. The molecule has 0 saturated heterocycles. The smallest absolute Gasteiger partial charge is 0.336 e. The zero-order valence-corrected chi connectivity index (χ0v) is 14.5. The summed E-state index contributed by atoms with van der Waals surface area (Å²) < 4.78 is 16.8. The van der Waals surface area contributed by atoms with Crippen LogP contribution in [0.5, 0.6) is 23.0 Å². The van der Waals surface area contributed by atoms with Crippen molar-refractivity contribution in [2.45, 2.75) is 40.1 Å². The second kappa shape index (κ2) is 8.60. The molecule has 0 bridgehead atoms. The molecular weight excluding hydrogens is 348 g/mol. The van der Waals surface area contributed by atoms with Gasteiger partial charge in [0.25, 0.3) is 0 Å². The SMILES string of the molecule is C.CC1Oc2ccc(OC(=O)/C=C/c3ccc(O)c(CO)c3)cc2OC1C. The highest BCUT2D eigenvalue weighted by Crippen LogP contribution is 2.36. The van der Waals surface area contributed by atoms with Crippen LogP contribution < -0.4 is 14.2 Å². The van der Waals surface area contributed by atoms with E-state index < -0.39 is 5.97 Å². The minimum absolute atomic E-state index is 0. The lowest BCUT2D eigenvalue weighted by atomic mass is 10.1. The number of ether oxygens (including phenoxy) is 3. The van der Waals surface area contributed by atoms with Crippen LogP contribution in [0.1, 0.15) is 32.4 Å². The number of aliphatic hydroxyl groups is 1. The Kier molecular flexibility index (Phi) is 6.47. The van der Waals surface area contributed by atoms with E-state index in [4.69, 9.17) is 19.3 Å². The van der Waals surface area contributed by atoms with Gasteiger partial charge in [-0.3, -0.25) is 0 Å². The van der Waals surface area contributed by atoms with Crippen LogP contribution >= 0.6 is 0 Å². The molecule has 2 aromatic rings. The van der Waals surface area contributed by atoms with Gasteiger partial charge in [0, 0.05) is 17.7 Å². The van der Waals surface area contributed by atoms with Gasteiger partial charge in [-0.2, -0.15) is 0 Å². The fraction of sp³-hybridized carbons (Fsp3) is 0.286. The second-order valence-electron chi connectivity index (χ2n) is 6.06. The Morgan fingerprint density at radius 2 is 1.81 bits per heavy atom. The maximum Gasteiger partial charge on any atom is 0.336 e. The molecular formula is C21H24O6. The fourth-order valence-corrected chi connectivity index (χ4v) is 2.48. The van der Waals surface area contributed by atoms with E-state index in [0.29, 0.717) is 28.4 Å². The molecule has 1 heterocycles. The molecule has 6 nitrogen and oxygen atoms in total. The zero-order valence-electron chi connectivity index (χ0n) is 14.5. The molecule has 1 aliphatic heterocycles. The van der Waals surface area contributed by atoms with Crippen molar-refractivity contribution < 1.29 is 29.2 Å². The van der Waals surface area contributed by atoms with Gasteiger partial charge in [-0.05, 0) is 49.8 Å². The van der Waals surface area contributed by atoms with E-state index >= 15 is 0 Å². The van der Waals surface area contributed by atoms with Crippen molar-refractivity contribution in [3.8, 4) is 23.0 Å². The molecule has 0 fully saturated rings. The van der Waals surface area contributed by atoms with E-state index in [-0.39, 0.29) is 32.0 Å². The van der Waals surface area contributed by atoms with Gasteiger partial charge < -0.3 is 24.4 Å². The first-order valence-corrected chi connectivity index (χ1v) is 8.26. The molecule has 0 aliphatic carbocycles. The number of rotatable bonds is 4. The van der Waals surface area contributed by atoms with Gasteiger partial charge in [-0.25, -0.2) is 4.79 Å². The van der Waals surface area contributed by atoms with Crippen molar-refractivity contribution in [1.29, 1.82) is 0 Å². The molecule has 2 aromatic carbocycles. The number of fused-ring (bicyclic) bond motifs is 1. The Bertz CT molecular complexity index is 843. The number of phenols is 1. The Balaban J connectivity index is 0.00000261. The molecule has 2 unspecified atom stereocenters. The first-order valence-electron chi connectivity index (χ1n) is 8.26. The lowest BCUT2D eigenvalue weighted by Crippen LogP contribution is -2.34. The molecule has 1 aliphatic rings. The van der Waals surface area contributed by atoms with Crippen molar-refractivity contribution in [3.63, 3.8) is 0 Å². The minimum Gasteiger partial charge on any atom is -0.508 e. The van der Waals surface area contributed by atoms with Crippen LogP contribution in [-0.4, -0.2) is 28.4 Å². The highest BCUT2D eigenvalue weighted by Gasteiger charge is 2.24. The monoisotopic (exact) mass is 372 g/mol.